The first-order valence-electron chi connectivity index (χ1n) is 12.5. The van der Waals surface area contributed by atoms with Gasteiger partial charge in [0.15, 0.2) is 11.6 Å². The molecular formula is C25H29F3N6O5. The summed E-state index contributed by atoms with van der Waals surface area (Å²) in [6.07, 6.45) is -2.66. The first-order chi connectivity index (χ1) is 18.4. The quantitative estimate of drug-likeness (QED) is 0.563. The van der Waals surface area contributed by atoms with Crippen molar-refractivity contribution in [3.63, 3.8) is 0 Å². The van der Waals surface area contributed by atoms with Crippen molar-refractivity contribution in [3.8, 4) is 5.75 Å². The zero-order valence-electron chi connectivity index (χ0n) is 21.6. The van der Waals surface area contributed by atoms with Crippen LogP contribution in [0, 0.1) is 0 Å². The molecule has 2 aromatic rings. The van der Waals surface area contributed by atoms with Crippen LogP contribution in [0.1, 0.15) is 37.7 Å². The van der Waals surface area contributed by atoms with E-state index in [2.05, 4.69) is 15.3 Å². The van der Waals surface area contributed by atoms with Crippen LogP contribution in [0.25, 0.3) is 0 Å². The standard InChI is InChI=1S/C25H29F3N6O5/c1-14(25(26,27)28)30-22(35)18-5-6-19-21(31-18)34(15-8-9-33(19)11-15)23(36)32-20-7-4-16(10-29-20)37-12-17-13-38-24(2,3)39-17/h4-7,10,14-15,17H,8-9,11-13H2,1-3H3,(H,30,35)(H,29,32,36). The van der Waals surface area contributed by atoms with E-state index in [1.54, 1.807) is 18.2 Å². The lowest BCUT2D eigenvalue weighted by molar-refractivity contribution is -0.149. The number of nitrogens with one attached hydrogen (secondary N) is 2. The molecule has 3 amide bonds. The molecule has 39 heavy (non-hydrogen) atoms. The Morgan fingerprint density at radius 3 is 2.72 bits per heavy atom. The number of pyridine rings is 2. The average molecular weight is 551 g/mol. The number of nitrogens with zero attached hydrogens (tertiary/aromatic N) is 4. The molecule has 0 saturated carbocycles. The number of alkyl halides is 3. The van der Waals surface area contributed by atoms with Crippen LogP contribution in [-0.4, -0.2) is 78.4 Å². The molecule has 5 heterocycles. The molecule has 3 atom stereocenters. The number of ether oxygens (including phenoxy) is 3. The Balaban J connectivity index is 1.27. The molecule has 0 radical (unpaired) electrons. The molecule has 11 nitrogen and oxygen atoms in total. The minimum Gasteiger partial charge on any atom is -0.489 e. The lowest BCUT2D eigenvalue weighted by atomic mass is 10.1. The lowest BCUT2D eigenvalue weighted by Crippen LogP contribution is -2.49. The van der Waals surface area contributed by atoms with Gasteiger partial charge in [-0.1, -0.05) is 0 Å². The Bertz CT molecular complexity index is 1240. The molecule has 3 aliphatic rings. The summed E-state index contributed by atoms with van der Waals surface area (Å²) in [5.74, 6) is -0.670. The zero-order chi connectivity index (χ0) is 27.9. The van der Waals surface area contributed by atoms with Crippen molar-refractivity contribution in [1.82, 2.24) is 15.3 Å². The van der Waals surface area contributed by atoms with Gasteiger partial charge >= 0.3 is 12.2 Å². The largest absolute Gasteiger partial charge is 0.489 e. The van der Waals surface area contributed by atoms with Gasteiger partial charge in [-0.25, -0.2) is 14.8 Å². The number of carbonyl (C=O) groups excluding carboxylic acids is 2. The van der Waals surface area contributed by atoms with Gasteiger partial charge in [-0.15, -0.1) is 0 Å². The monoisotopic (exact) mass is 550 g/mol. The topological polar surface area (TPSA) is 118 Å². The number of fused-ring (bicyclic) bond motifs is 4. The van der Waals surface area contributed by atoms with Gasteiger partial charge in [-0.2, -0.15) is 13.2 Å². The maximum atomic E-state index is 13.4. The highest BCUT2D eigenvalue weighted by Gasteiger charge is 2.41. The molecule has 2 bridgehead atoms. The van der Waals surface area contributed by atoms with Gasteiger partial charge in [-0.3, -0.25) is 15.0 Å². The van der Waals surface area contributed by atoms with Gasteiger partial charge in [0, 0.05) is 13.1 Å². The predicted octanol–water partition coefficient (Wildman–Crippen LogP) is 3.32. The Morgan fingerprint density at radius 2 is 2.05 bits per heavy atom. The van der Waals surface area contributed by atoms with E-state index in [-0.39, 0.29) is 36.1 Å². The molecular weight excluding hydrogens is 521 g/mol. The molecule has 0 spiro atoms. The lowest BCUT2D eigenvalue weighted by Gasteiger charge is -2.35. The third-order valence-corrected chi connectivity index (χ3v) is 6.72. The number of anilines is 3. The molecule has 2 N–H and O–H groups in total. The Hall–Kier alpha value is -3.65. The summed E-state index contributed by atoms with van der Waals surface area (Å²) in [7, 11) is 0. The summed E-state index contributed by atoms with van der Waals surface area (Å²) in [5, 5.41) is 4.65. The fraction of sp³-hybridized carbons (Fsp3) is 0.520. The normalized spacial score (nSPS) is 22.3. The maximum Gasteiger partial charge on any atom is 0.408 e. The zero-order valence-corrected chi connectivity index (χ0v) is 21.6. The smallest absolute Gasteiger partial charge is 0.408 e. The van der Waals surface area contributed by atoms with Crippen molar-refractivity contribution in [1.29, 1.82) is 0 Å². The molecule has 14 heteroatoms. The third kappa shape index (κ3) is 5.86. The van der Waals surface area contributed by atoms with Gasteiger partial charge in [0.1, 0.15) is 36.0 Å². The van der Waals surface area contributed by atoms with Crippen LogP contribution >= 0.6 is 0 Å². The van der Waals surface area contributed by atoms with Crippen LogP contribution < -0.4 is 25.2 Å². The van der Waals surface area contributed by atoms with Crippen LogP contribution in [0.3, 0.4) is 0 Å². The van der Waals surface area contributed by atoms with Gasteiger partial charge in [0.2, 0.25) is 0 Å². The van der Waals surface area contributed by atoms with E-state index in [0.29, 0.717) is 37.6 Å². The maximum absolute atomic E-state index is 13.4. The van der Waals surface area contributed by atoms with Crippen LogP contribution in [-0.2, 0) is 9.47 Å². The van der Waals surface area contributed by atoms with E-state index in [0.717, 1.165) is 6.92 Å². The third-order valence-electron chi connectivity index (χ3n) is 6.72. The highest BCUT2D eigenvalue weighted by Crippen LogP contribution is 2.39. The minimum absolute atomic E-state index is 0.204. The molecule has 2 saturated heterocycles. The Kier molecular flexibility index (Phi) is 7.01. The van der Waals surface area contributed by atoms with Crippen LogP contribution in [0.5, 0.6) is 5.75 Å². The number of rotatable bonds is 6. The summed E-state index contributed by atoms with van der Waals surface area (Å²) in [5.41, 5.74) is 0.405. The number of amides is 3. The highest BCUT2D eigenvalue weighted by atomic mass is 19.4. The van der Waals surface area contributed by atoms with Crippen molar-refractivity contribution in [2.24, 2.45) is 0 Å². The van der Waals surface area contributed by atoms with Crippen molar-refractivity contribution >= 4 is 29.3 Å². The van der Waals surface area contributed by atoms with E-state index < -0.39 is 29.9 Å². The van der Waals surface area contributed by atoms with Gasteiger partial charge in [0.05, 0.1) is 24.5 Å². The number of aromatic nitrogens is 2. The molecule has 2 aromatic heterocycles. The number of halogens is 3. The van der Waals surface area contributed by atoms with Crippen LogP contribution in [0.4, 0.5) is 35.3 Å². The summed E-state index contributed by atoms with van der Waals surface area (Å²) in [4.78, 5) is 37.9. The van der Waals surface area contributed by atoms with Crippen molar-refractivity contribution < 1.29 is 37.0 Å². The molecule has 2 fully saturated rings. The van der Waals surface area contributed by atoms with Crippen molar-refractivity contribution in [2.45, 2.75) is 57.3 Å². The van der Waals surface area contributed by atoms with E-state index >= 15 is 0 Å². The minimum atomic E-state index is -4.59. The first-order valence-corrected chi connectivity index (χ1v) is 12.5. The fourth-order valence-electron chi connectivity index (χ4n) is 4.69. The van der Waals surface area contributed by atoms with E-state index in [9.17, 15) is 22.8 Å². The van der Waals surface area contributed by atoms with Crippen LogP contribution in [0.15, 0.2) is 30.5 Å². The second-order valence-corrected chi connectivity index (χ2v) is 10.1. The summed E-state index contributed by atoms with van der Waals surface area (Å²) >= 11 is 0. The van der Waals surface area contributed by atoms with Crippen LogP contribution in [0.2, 0.25) is 0 Å². The van der Waals surface area contributed by atoms with Crippen molar-refractivity contribution in [2.75, 3.05) is 41.4 Å². The molecule has 3 aliphatic heterocycles. The highest BCUT2D eigenvalue weighted by molar-refractivity contribution is 6.05. The second kappa shape index (κ2) is 10.2. The number of carbonyl (C=O) groups is 2. The summed E-state index contributed by atoms with van der Waals surface area (Å²) in [6, 6.07) is 3.41. The first kappa shape index (κ1) is 26.9. The van der Waals surface area contributed by atoms with Gasteiger partial charge < -0.3 is 24.4 Å². The Morgan fingerprint density at radius 1 is 1.26 bits per heavy atom. The van der Waals surface area contributed by atoms with Gasteiger partial charge in [0.25, 0.3) is 5.91 Å². The average Bonchev–Trinajstić information content (AvgIpc) is 3.45. The van der Waals surface area contributed by atoms with E-state index in [1.807, 2.05) is 24.1 Å². The number of urea groups is 1. The number of hydrogen-bond donors (Lipinski definition) is 2. The molecule has 210 valence electrons. The molecule has 0 aromatic carbocycles. The Labute approximate surface area is 222 Å². The van der Waals surface area contributed by atoms with E-state index in [1.165, 1.54) is 17.2 Å². The predicted molar refractivity (Wildman–Crippen MR) is 134 cm³/mol. The molecule has 5 rings (SSSR count). The van der Waals surface area contributed by atoms with E-state index in [4.69, 9.17) is 14.2 Å². The summed E-state index contributed by atoms with van der Waals surface area (Å²) in [6.45, 7) is 6.46. The molecule has 0 aliphatic carbocycles. The number of hydrogen-bond acceptors (Lipinski definition) is 8. The van der Waals surface area contributed by atoms with Crippen molar-refractivity contribution in [3.05, 3.63) is 36.2 Å². The second-order valence-electron chi connectivity index (χ2n) is 10.1. The fourth-order valence-corrected chi connectivity index (χ4v) is 4.69. The SMILES string of the molecule is CC(NC(=O)c1ccc2c(n1)N(C(=O)Nc1ccc(OCC3COC(C)(C)O3)cn1)C1CCN2C1)C(F)(F)F. The summed E-state index contributed by atoms with van der Waals surface area (Å²) < 4.78 is 55.7. The van der Waals surface area contributed by atoms with Gasteiger partial charge in [-0.05, 0) is 51.5 Å². The molecule has 3 unspecified atom stereocenters.